The van der Waals surface area contributed by atoms with Crippen molar-refractivity contribution < 1.29 is 13.5 Å². The zero-order chi connectivity index (χ0) is 15.1. The van der Waals surface area contributed by atoms with E-state index >= 15 is 0 Å². The quantitative estimate of drug-likeness (QED) is 0.775. The summed E-state index contributed by atoms with van der Waals surface area (Å²) in [5.41, 5.74) is 0.959. The van der Waals surface area contributed by atoms with Gasteiger partial charge in [0.15, 0.2) is 0 Å². The smallest absolute Gasteiger partial charge is 0.212 e. The third-order valence-electron chi connectivity index (χ3n) is 4.10. The lowest BCUT2D eigenvalue weighted by Gasteiger charge is -2.20. The molecule has 2 rings (SSSR count). The van der Waals surface area contributed by atoms with Crippen LogP contribution in [0.3, 0.4) is 0 Å². The van der Waals surface area contributed by atoms with Gasteiger partial charge >= 0.3 is 0 Å². The Balaban J connectivity index is 2.03. The third kappa shape index (κ3) is 5.41. The zero-order valence-corrected chi connectivity index (χ0v) is 13.2. The number of nitrogens with one attached hydrogen (secondary N) is 1. The Labute approximate surface area is 127 Å². The van der Waals surface area contributed by atoms with Gasteiger partial charge in [-0.15, -0.1) is 0 Å². The molecule has 4 nitrogen and oxygen atoms in total. The second-order valence-corrected chi connectivity index (χ2v) is 7.68. The summed E-state index contributed by atoms with van der Waals surface area (Å²) in [6.45, 7) is 0.0771. The second-order valence-electron chi connectivity index (χ2n) is 5.88. The first-order valence-corrected chi connectivity index (χ1v) is 9.42. The van der Waals surface area contributed by atoms with E-state index < -0.39 is 10.0 Å². The van der Waals surface area contributed by atoms with Crippen molar-refractivity contribution in [3.05, 3.63) is 35.9 Å². The molecule has 0 aliphatic heterocycles. The van der Waals surface area contributed by atoms with Crippen molar-refractivity contribution in [1.29, 1.82) is 0 Å². The van der Waals surface area contributed by atoms with E-state index in [1.165, 1.54) is 0 Å². The third-order valence-corrected chi connectivity index (χ3v) is 5.66. The van der Waals surface area contributed by atoms with Gasteiger partial charge in [-0.2, -0.15) is 0 Å². The van der Waals surface area contributed by atoms with Crippen LogP contribution in [0.2, 0.25) is 0 Å². The van der Waals surface area contributed by atoms with Crippen LogP contribution in [0, 0.1) is 5.92 Å². The number of sulfonamides is 1. The number of rotatable bonds is 8. The first-order chi connectivity index (χ1) is 10.1. The molecule has 1 aromatic rings. The van der Waals surface area contributed by atoms with Crippen LogP contribution in [-0.2, 0) is 10.0 Å². The lowest BCUT2D eigenvalue weighted by atomic mass is 10.0. The summed E-state index contributed by atoms with van der Waals surface area (Å²) in [6, 6.07) is 9.35. The van der Waals surface area contributed by atoms with Crippen LogP contribution in [0.5, 0.6) is 0 Å². The van der Waals surface area contributed by atoms with Crippen molar-refractivity contribution in [3.63, 3.8) is 0 Å². The van der Waals surface area contributed by atoms with Gasteiger partial charge < -0.3 is 5.11 Å². The van der Waals surface area contributed by atoms with E-state index in [0.29, 0.717) is 18.8 Å². The highest BCUT2D eigenvalue weighted by Gasteiger charge is 2.25. The fourth-order valence-corrected chi connectivity index (χ4v) is 4.76. The van der Waals surface area contributed by atoms with E-state index in [9.17, 15) is 8.42 Å². The fourth-order valence-electron chi connectivity index (χ4n) is 3.03. The van der Waals surface area contributed by atoms with Crippen LogP contribution < -0.4 is 4.72 Å². The van der Waals surface area contributed by atoms with Gasteiger partial charge in [0.05, 0.1) is 5.75 Å². The molecular formula is C16H25NO3S. The summed E-state index contributed by atoms with van der Waals surface area (Å²) in [4.78, 5) is 0. The van der Waals surface area contributed by atoms with E-state index in [0.717, 1.165) is 31.2 Å². The molecule has 1 atom stereocenters. The van der Waals surface area contributed by atoms with Gasteiger partial charge in [-0.25, -0.2) is 13.1 Å². The van der Waals surface area contributed by atoms with Crippen LogP contribution in [0.1, 0.15) is 50.1 Å². The molecule has 5 heteroatoms. The topological polar surface area (TPSA) is 66.4 Å². The first kappa shape index (κ1) is 16.5. The molecule has 1 aliphatic carbocycles. The SMILES string of the molecule is O=S(=O)(CC1CCCC1)NC(CCCO)c1ccccc1. The molecule has 1 aliphatic rings. The average Bonchev–Trinajstić information content (AvgIpc) is 2.96. The number of aliphatic hydroxyl groups is 1. The summed E-state index contributed by atoms with van der Waals surface area (Å²) >= 11 is 0. The Morgan fingerprint density at radius 2 is 1.86 bits per heavy atom. The van der Waals surface area contributed by atoms with Gasteiger partial charge in [-0.1, -0.05) is 43.2 Å². The Kier molecular flexibility index (Phi) is 6.21. The molecule has 0 radical (unpaired) electrons. The van der Waals surface area contributed by atoms with E-state index in [-0.39, 0.29) is 18.4 Å². The molecule has 0 spiro atoms. The molecule has 1 saturated carbocycles. The Morgan fingerprint density at radius 3 is 2.48 bits per heavy atom. The number of hydrogen-bond donors (Lipinski definition) is 2. The number of hydrogen-bond acceptors (Lipinski definition) is 3. The fraction of sp³-hybridized carbons (Fsp3) is 0.625. The minimum absolute atomic E-state index is 0.0771. The lowest BCUT2D eigenvalue weighted by molar-refractivity contribution is 0.278. The zero-order valence-electron chi connectivity index (χ0n) is 12.4. The van der Waals surface area contributed by atoms with Gasteiger partial charge in [-0.05, 0) is 37.2 Å². The predicted molar refractivity (Wildman–Crippen MR) is 84.4 cm³/mol. The maximum atomic E-state index is 12.4. The van der Waals surface area contributed by atoms with Crippen molar-refractivity contribution in [2.24, 2.45) is 5.92 Å². The second kappa shape index (κ2) is 7.92. The number of aliphatic hydroxyl groups excluding tert-OH is 1. The molecule has 118 valence electrons. The number of benzene rings is 1. The van der Waals surface area contributed by atoms with Crippen LogP contribution >= 0.6 is 0 Å². The molecule has 0 amide bonds. The molecule has 21 heavy (non-hydrogen) atoms. The van der Waals surface area contributed by atoms with E-state index in [4.69, 9.17) is 5.11 Å². The monoisotopic (exact) mass is 311 g/mol. The van der Waals surface area contributed by atoms with Crippen LogP contribution in [0.15, 0.2) is 30.3 Å². The van der Waals surface area contributed by atoms with Crippen molar-refractivity contribution in [2.45, 2.75) is 44.6 Å². The van der Waals surface area contributed by atoms with Crippen molar-refractivity contribution in [3.8, 4) is 0 Å². The highest BCUT2D eigenvalue weighted by molar-refractivity contribution is 7.89. The minimum Gasteiger partial charge on any atom is -0.396 e. The van der Waals surface area contributed by atoms with Gasteiger partial charge in [-0.3, -0.25) is 0 Å². The molecule has 1 unspecified atom stereocenters. The first-order valence-electron chi connectivity index (χ1n) is 7.76. The maximum Gasteiger partial charge on any atom is 0.212 e. The van der Waals surface area contributed by atoms with Crippen LogP contribution in [0.25, 0.3) is 0 Å². The highest BCUT2D eigenvalue weighted by atomic mass is 32.2. The molecule has 0 bridgehead atoms. The van der Waals surface area contributed by atoms with Gasteiger partial charge in [0.25, 0.3) is 0 Å². The molecule has 1 fully saturated rings. The maximum absolute atomic E-state index is 12.4. The van der Waals surface area contributed by atoms with Crippen LogP contribution in [0.4, 0.5) is 0 Å². The van der Waals surface area contributed by atoms with Gasteiger partial charge in [0, 0.05) is 12.6 Å². The highest BCUT2D eigenvalue weighted by Crippen LogP contribution is 2.27. The molecular weight excluding hydrogens is 286 g/mol. The van der Waals surface area contributed by atoms with Gasteiger partial charge in [0.1, 0.15) is 0 Å². The molecule has 1 aromatic carbocycles. The predicted octanol–water partition coefficient (Wildman–Crippen LogP) is 2.61. The average molecular weight is 311 g/mol. The standard InChI is InChI=1S/C16H25NO3S/c18-12-6-11-16(15-9-2-1-3-10-15)17-21(19,20)13-14-7-4-5-8-14/h1-3,9-10,14,16-18H,4-8,11-13H2. The van der Waals surface area contributed by atoms with Crippen molar-refractivity contribution in [1.82, 2.24) is 4.72 Å². The van der Waals surface area contributed by atoms with Crippen molar-refractivity contribution >= 4 is 10.0 Å². The summed E-state index contributed by atoms with van der Waals surface area (Å²) in [5, 5.41) is 9.01. The molecule has 0 aromatic heterocycles. The lowest BCUT2D eigenvalue weighted by Crippen LogP contribution is -2.33. The van der Waals surface area contributed by atoms with E-state index in [1.54, 1.807) is 0 Å². The van der Waals surface area contributed by atoms with E-state index in [1.807, 2.05) is 30.3 Å². The Bertz CT molecular complexity index is 510. The summed E-state index contributed by atoms with van der Waals surface area (Å²) in [5.74, 6) is 0.534. The Morgan fingerprint density at radius 1 is 1.19 bits per heavy atom. The Hall–Kier alpha value is -0.910. The summed E-state index contributed by atoms with van der Waals surface area (Å²) in [6.07, 6.45) is 5.54. The van der Waals surface area contributed by atoms with Gasteiger partial charge in [0.2, 0.25) is 10.0 Å². The van der Waals surface area contributed by atoms with Crippen LogP contribution in [-0.4, -0.2) is 25.9 Å². The molecule has 2 N–H and O–H groups in total. The van der Waals surface area contributed by atoms with E-state index in [2.05, 4.69) is 4.72 Å². The largest absolute Gasteiger partial charge is 0.396 e. The summed E-state index contributed by atoms with van der Waals surface area (Å²) < 4.78 is 27.6. The normalized spacial score (nSPS) is 18.0. The molecule has 0 heterocycles. The minimum atomic E-state index is -3.27. The molecule has 0 saturated heterocycles. The summed E-state index contributed by atoms with van der Waals surface area (Å²) in [7, 11) is -3.27. The van der Waals surface area contributed by atoms with Crippen molar-refractivity contribution in [2.75, 3.05) is 12.4 Å².